The molecule has 144 valence electrons. The van der Waals surface area contributed by atoms with Crippen LogP contribution in [0.4, 0.5) is 18.9 Å². The first kappa shape index (κ1) is 19.2. The van der Waals surface area contributed by atoms with Crippen molar-refractivity contribution in [2.75, 3.05) is 31.2 Å². The molecule has 0 aliphatic carbocycles. The molecule has 7 heteroatoms. The zero-order chi connectivity index (χ0) is 18.6. The van der Waals surface area contributed by atoms with E-state index in [2.05, 4.69) is 4.90 Å². The number of rotatable bonds is 4. The standard InChI is InChI=1S/C19H25F3N2O2/c20-19(21,22)18(25)24(16-7-11-26-12-8-16)17-6-4-5-15(13-17)14-23-9-2-1-3-10-23/h4-6,13,16H,1-3,7-12,14H2. The Kier molecular flexibility index (Phi) is 6.19. The number of hydrogen-bond donors (Lipinski definition) is 0. The van der Waals surface area contributed by atoms with Crippen molar-refractivity contribution in [1.29, 1.82) is 0 Å². The Hall–Kier alpha value is -1.60. The quantitative estimate of drug-likeness (QED) is 0.809. The summed E-state index contributed by atoms with van der Waals surface area (Å²) in [5.74, 6) is -1.79. The van der Waals surface area contributed by atoms with E-state index in [4.69, 9.17) is 4.74 Å². The van der Waals surface area contributed by atoms with Crippen molar-refractivity contribution in [2.24, 2.45) is 0 Å². The SMILES string of the molecule is O=C(N(c1cccc(CN2CCCCC2)c1)C1CCOCC1)C(F)(F)F. The minimum atomic E-state index is -4.89. The topological polar surface area (TPSA) is 32.8 Å². The van der Waals surface area contributed by atoms with Gasteiger partial charge in [-0.05, 0) is 56.5 Å². The van der Waals surface area contributed by atoms with E-state index in [1.165, 1.54) is 6.42 Å². The molecule has 2 aliphatic rings. The van der Waals surface area contributed by atoms with Gasteiger partial charge in [0, 0.05) is 31.5 Å². The number of nitrogens with zero attached hydrogens (tertiary/aromatic N) is 2. The maximum atomic E-state index is 13.2. The zero-order valence-corrected chi connectivity index (χ0v) is 14.8. The Bertz CT molecular complexity index is 609. The van der Waals surface area contributed by atoms with Gasteiger partial charge in [-0.3, -0.25) is 9.69 Å². The molecule has 2 heterocycles. The molecule has 4 nitrogen and oxygen atoms in total. The zero-order valence-electron chi connectivity index (χ0n) is 14.8. The number of ether oxygens (including phenoxy) is 1. The molecule has 0 bridgehead atoms. The van der Waals surface area contributed by atoms with Crippen LogP contribution in [0, 0.1) is 0 Å². The average molecular weight is 370 g/mol. The molecule has 0 unspecified atom stereocenters. The number of carbonyl (C=O) groups is 1. The van der Waals surface area contributed by atoms with E-state index in [1.54, 1.807) is 18.2 Å². The van der Waals surface area contributed by atoms with Gasteiger partial charge >= 0.3 is 12.1 Å². The van der Waals surface area contributed by atoms with E-state index < -0.39 is 18.1 Å². The van der Waals surface area contributed by atoms with Gasteiger partial charge in [-0.25, -0.2) is 0 Å². The lowest BCUT2D eigenvalue weighted by molar-refractivity contribution is -0.171. The number of likely N-dealkylation sites (tertiary alicyclic amines) is 1. The maximum Gasteiger partial charge on any atom is 0.471 e. The molecule has 0 spiro atoms. The smallest absolute Gasteiger partial charge is 0.381 e. The molecule has 2 aliphatic heterocycles. The van der Waals surface area contributed by atoms with Crippen molar-refractivity contribution >= 4 is 11.6 Å². The summed E-state index contributed by atoms with van der Waals surface area (Å²) in [6, 6.07) is 6.50. The summed E-state index contributed by atoms with van der Waals surface area (Å²) in [6.45, 7) is 3.47. The minimum absolute atomic E-state index is 0.328. The molecule has 0 aromatic heterocycles. The van der Waals surface area contributed by atoms with Crippen LogP contribution in [0.2, 0.25) is 0 Å². The number of piperidine rings is 1. The van der Waals surface area contributed by atoms with E-state index >= 15 is 0 Å². The van der Waals surface area contributed by atoms with Crippen LogP contribution in [0.15, 0.2) is 24.3 Å². The fraction of sp³-hybridized carbons (Fsp3) is 0.632. The third kappa shape index (κ3) is 4.76. The highest BCUT2D eigenvalue weighted by atomic mass is 19.4. The molecule has 1 aromatic carbocycles. The Morgan fingerprint density at radius 2 is 1.85 bits per heavy atom. The summed E-state index contributed by atoms with van der Waals surface area (Å²) in [7, 11) is 0. The van der Waals surface area contributed by atoms with Crippen molar-refractivity contribution < 1.29 is 22.7 Å². The highest BCUT2D eigenvalue weighted by Gasteiger charge is 2.45. The molecular formula is C19H25F3N2O2. The molecular weight excluding hydrogens is 345 g/mol. The second-order valence-corrected chi connectivity index (χ2v) is 7.02. The molecule has 3 rings (SSSR count). The Morgan fingerprint density at radius 3 is 2.50 bits per heavy atom. The predicted octanol–water partition coefficient (Wildman–Crippen LogP) is 3.75. The van der Waals surface area contributed by atoms with E-state index in [9.17, 15) is 18.0 Å². The predicted molar refractivity (Wildman–Crippen MR) is 93.0 cm³/mol. The van der Waals surface area contributed by atoms with Gasteiger partial charge in [0.15, 0.2) is 0 Å². The van der Waals surface area contributed by atoms with E-state index in [-0.39, 0.29) is 0 Å². The molecule has 2 saturated heterocycles. The van der Waals surface area contributed by atoms with Gasteiger partial charge in [0.2, 0.25) is 0 Å². The van der Waals surface area contributed by atoms with Crippen LogP contribution in [-0.2, 0) is 16.1 Å². The van der Waals surface area contributed by atoms with Crippen molar-refractivity contribution in [2.45, 2.75) is 50.9 Å². The number of anilines is 1. The third-order valence-electron chi connectivity index (χ3n) is 5.06. The van der Waals surface area contributed by atoms with Crippen LogP contribution in [0.1, 0.15) is 37.7 Å². The van der Waals surface area contributed by atoms with Crippen LogP contribution >= 0.6 is 0 Å². The Labute approximate surface area is 151 Å². The van der Waals surface area contributed by atoms with Crippen molar-refractivity contribution in [3.8, 4) is 0 Å². The summed E-state index contributed by atoms with van der Waals surface area (Å²) in [5, 5.41) is 0. The largest absolute Gasteiger partial charge is 0.471 e. The molecule has 1 amide bonds. The first-order chi connectivity index (χ1) is 12.4. The minimum Gasteiger partial charge on any atom is -0.381 e. The Balaban J connectivity index is 1.83. The summed E-state index contributed by atoms with van der Waals surface area (Å²) in [6.07, 6.45) is -0.521. The highest BCUT2D eigenvalue weighted by Crippen LogP contribution is 2.30. The van der Waals surface area contributed by atoms with Crippen molar-refractivity contribution in [1.82, 2.24) is 4.90 Å². The van der Waals surface area contributed by atoms with E-state index in [0.29, 0.717) is 38.3 Å². The number of alkyl halides is 3. The molecule has 26 heavy (non-hydrogen) atoms. The van der Waals surface area contributed by atoms with Crippen LogP contribution in [-0.4, -0.2) is 49.3 Å². The van der Waals surface area contributed by atoms with Crippen LogP contribution < -0.4 is 4.90 Å². The van der Waals surface area contributed by atoms with Crippen molar-refractivity contribution in [3.05, 3.63) is 29.8 Å². The van der Waals surface area contributed by atoms with Gasteiger partial charge in [0.05, 0.1) is 0 Å². The lowest BCUT2D eigenvalue weighted by Gasteiger charge is -2.35. The van der Waals surface area contributed by atoms with Crippen LogP contribution in [0.25, 0.3) is 0 Å². The number of hydrogen-bond acceptors (Lipinski definition) is 3. The molecule has 0 atom stereocenters. The summed E-state index contributed by atoms with van der Waals surface area (Å²) in [4.78, 5) is 15.4. The highest BCUT2D eigenvalue weighted by molar-refractivity contribution is 5.98. The normalized spacial score (nSPS) is 20.1. The lowest BCUT2D eigenvalue weighted by Crippen LogP contribution is -2.49. The number of carbonyl (C=O) groups excluding carboxylic acids is 1. The number of benzene rings is 1. The molecule has 0 N–H and O–H groups in total. The van der Waals surface area contributed by atoms with E-state index in [0.717, 1.165) is 36.4 Å². The molecule has 1 aromatic rings. The maximum absolute atomic E-state index is 13.2. The first-order valence-electron chi connectivity index (χ1n) is 9.24. The summed E-state index contributed by atoms with van der Waals surface area (Å²) in [5.41, 5.74) is 1.27. The van der Waals surface area contributed by atoms with Crippen LogP contribution in [0.3, 0.4) is 0 Å². The third-order valence-corrected chi connectivity index (χ3v) is 5.06. The second kappa shape index (κ2) is 8.39. The van der Waals surface area contributed by atoms with E-state index in [1.807, 2.05) is 6.07 Å². The van der Waals surface area contributed by atoms with Gasteiger partial charge < -0.3 is 9.64 Å². The van der Waals surface area contributed by atoms with Gasteiger partial charge in [-0.1, -0.05) is 18.6 Å². The fourth-order valence-electron chi connectivity index (χ4n) is 3.75. The monoisotopic (exact) mass is 370 g/mol. The van der Waals surface area contributed by atoms with Gasteiger partial charge in [-0.15, -0.1) is 0 Å². The fourth-order valence-corrected chi connectivity index (χ4v) is 3.75. The summed E-state index contributed by atoms with van der Waals surface area (Å²) < 4.78 is 44.8. The number of amides is 1. The number of halogens is 3. The molecule has 0 saturated carbocycles. The average Bonchev–Trinajstić information content (AvgIpc) is 2.63. The summed E-state index contributed by atoms with van der Waals surface area (Å²) >= 11 is 0. The van der Waals surface area contributed by atoms with Gasteiger partial charge in [0.1, 0.15) is 0 Å². The van der Waals surface area contributed by atoms with Crippen molar-refractivity contribution in [3.63, 3.8) is 0 Å². The lowest BCUT2D eigenvalue weighted by atomic mass is 10.0. The van der Waals surface area contributed by atoms with Gasteiger partial charge in [-0.2, -0.15) is 13.2 Å². The second-order valence-electron chi connectivity index (χ2n) is 7.02. The Morgan fingerprint density at radius 1 is 1.15 bits per heavy atom. The molecule has 2 fully saturated rings. The molecule has 0 radical (unpaired) electrons. The first-order valence-corrected chi connectivity index (χ1v) is 9.24. The van der Waals surface area contributed by atoms with Gasteiger partial charge in [0.25, 0.3) is 0 Å². The van der Waals surface area contributed by atoms with Crippen LogP contribution in [0.5, 0.6) is 0 Å².